The van der Waals surface area contributed by atoms with Gasteiger partial charge in [-0.3, -0.25) is 9.35 Å². The van der Waals surface area contributed by atoms with Gasteiger partial charge in [-0.2, -0.15) is 4.21 Å². The van der Waals surface area contributed by atoms with Crippen LogP contribution >= 0.6 is 0 Å². The average molecular weight is 314 g/mol. The smallest absolute Gasteiger partial charge is 0.357 e. The zero-order valence-corrected chi connectivity index (χ0v) is 13.2. The van der Waals surface area contributed by atoms with Crippen molar-refractivity contribution in [2.24, 2.45) is 5.92 Å². The van der Waals surface area contributed by atoms with Crippen molar-refractivity contribution >= 4 is 17.3 Å². The van der Waals surface area contributed by atoms with Crippen LogP contribution < -0.4 is 8.92 Å². The molecule has 0 spiro atoms. The topological polar surface area (TPSA) is 72.8 Å². The summed E-state index contributed by atoms with van der Waals surface area (Å²) in [6.45, 7) is 4.35. The van der Waals surface area contributed by atoms with Gasteiger partial charge >= 0.3 is 17.3 Å². The van der Waals surface area contributed by atoms with Crippen LogP contribution in [0.5, 0.6) is 11.5 Å². The molecule has 0 aromatic heterocycles. The van der Waals surface area contributed by atoms with Crippen molar-refractivity contribution in [3.8, 4) is 11.5 Å². The quantitative estimate of drug-likeness (QED) is 0.325. The number of unbranched alkanes of at least 4 members (excludes halogenated alkanes) is 2. The van der Waals surface area contributed by atoms with Gasteiger partial charge in [-0.05, 0) is 24.5 Å². The molecule has 1 aromatic rings. The van der Waals surface area contributed by atoms with Gasteiger partial charge in [0.2, 0.25) is 0 Å². The molecule has 6 heteroatoms. The summed E-state index contributed by atoms with van der Waals surface area (Å²) in [7, 11) is 0. The second kappa shape index (κ2) is 9.52. The number of carbonyl (C=O) groups excluding carboxylic acids is 1. The van der Waals surface area contributed by atoms with E-state index in [0.29, 0.717) is 12.3 Å². The summed E-state index contributed by atoms with van der Waals surface area (Å²) >= 11 is -2.45. The summed E-state index contributed by atoms with van der Waals surface area (Å²) in [5.41, 5.74) is 0. The van der Waals surface area contributed by atoms with Gasteiger partial charge in [-0.1, -0.05) is 45.2 Å². The number of rotatable bonds is 9. The highest BCUT2D eigenvalue weighted by Gasteiger charge is 2.11. The first-order chi connectivity index (χ1) is 9.99. The van der Waals surface area contributed by atoms with Gasteiger partial charge in [-0.15, -0.1) is 0 Å². The second-order valence-corrected chi connectivity index (χ2v) is 5.82. The van der Waals surface area contributed by atoms with Crippen LogP contribution in [0.25, 0.3) is 0 Å². The number of esters is 1. The van der Waals surface area contributed by atoms with E-state index in [9.17, 15) is 9.00 Å². The Kier molecular flexibility index (Phi) is 8.00. The first kappa shape index (κ1) is 17.7. The molecule has 118 valence electrons. The molecule has 0 saturated carbocycles. The molecular weight excluding hydrogens is 292 g/mol. The first-order valence-electron chi connectivity index (χ1n) is 7.08. The van der Waals surface area contributed by atoms with Crippen molar-refractivity contribution in [2.45, 2.75) is 46.0 Å². The van der Waals surface area contributed by atoms with Gasteiger partial charge in [0.05, 0.1) is 0 Å². The number of ether oxygens (including phenoxy) is 1. The van der Waals surface area contributed by atoms with Crippen molar-refractivity contribution < 1.29 is 22.5 Å². The summed E-state index contributed by atoms with van der Waals surface area (Å²) in [5, 5.41) is 0. The Morgan fingerprint density at radius 2 is 1.86 bits per heavy atom. The lowest BCUT2D eigenvalue weighted by Crippen LogP contribution is -2.09. The molecule has 1 aromatic carbocycles. The maximum absolute atomic E-state index is 11.7. The van der Waals surface area contributed by atoms with Gasteiger partial charge < -0.3 is 8.92 Å². The number of para-hydroxylation sites is 2. The molecular formula is C15H22O5S. The highest BCUT2D eigenvalue weighted by Crippen LogP contribution is 2.27. The molecule has 0 bridgehead atoms. The lowest BCUT2D eigenvalue weighted by molar-refractivity contribution is -0.134. The summed E-state index contributed by atoms with van der Waals surface area (Å²) in [4.78, 5) is 11.7. The van der Waals surface area contributed by atoms with Crippen LogP contribution in [-0.4, -0.2) is 14.7 Å². The van der Waals surface area contributed by atoms with Crippen molar-refractivity contribution in [3.05, 3.63) is 24.3 Å². The van der Waals surface area contributed by atoms with Crippen LogP contribution in [0.15, 0.2) is 24.3 Å². The molecule has 0 saturated heterocycles. The van der Waals surface area contributed by atoms with Gasteiger partial charge in [0.25, 0.3) is 0 Å². The minimum absolute atomic E-state index is 0.0755. The monoisotopic (exact) mass is 314 g/mol. The van der Waals surface area contributed by atoms with E-state index in [4.69, 9.17) is 9.29 Å². The predicted octanol–water partition coefficient (Wildman–Crippen LogP) is 3.71. The molecule has 1 unspecified atom stereocenters. The molecule has 1 N–H and O–H groups in total. The molecule has 5 nitrogen and oxygen atoms in total. The highest BCUT2D eigenvalue weighted by atomic mass is 32.2. The van der Waals surface area contributed by atoms with E-state index in [1.165, 1.54) is 12.1 Å². The van der Waals surface area contributed by atoms with E-state index >= 15 is 0 Å². The Morgan fingerprint density at radius 3 is 2.48 bits per heavy atom. The fourth-order valence-electron chi connectivity index (χ4n) is 1.85. The van der Waals surface area contributed by atoms with Gasteiger partial charge in [0, 0.05) is 6.42 Å². The van der Waals surface area contributed by atoms with E-state index in [2.05, 4.69) is 18.0 Å². The van der Waals surface area contributed by atoms with Crippen molar-refractivity contribution in [3.63, 3.8) is 0 Å². The highest BCUT2D eigenvalue weighted by molar-refractivity contribution is 7.74. The Bertz CT molecular complexity index is 473. The molecule has 0 aliphatic heterocycles. The number of hydrogen-bond donors (Lipinski definition) is 1. The molecule has 0 amide bonds. The summed E-state index contributed by atoms with van der Waals surface area (Å²) in [6, 6.07) is 6.29. The number of carbonyl (C=O) groups is 1. The lowest BCUT2D eigenvalue weighted by Gasteiger charge is -2.08. The minimum Gasteiger partial charge on any atom is -0.422 e. The van der Waals surface area contributed by atoms with Crippen molar-refractivity contribution in [2.75, 3.05) is 0 Å². The van der Waals surface area contributed by atoms with Crippen molar-refractivity contribution in [1.29, 1.82) is 0 Å². The lowest BCUT2D eigenvalue weighted by atomic mass is 10.0. The fourth-order valence-corrected chi connectivity index (χ4v) is 2.14. The molecule has 0 fully saturated rings. The predicted molar refractivity (Wildman–Crippen MR) is 81.4 cm³/mol. The molecule has 21 heavy (non-hydrogen) atoms. The standard InChI is InChI=1S/C15H22O5S/c1-12(2)8-4-3-5-11-15(16)19-13-9-6-7-10-14(13)20-21(17)18/h6-7,9-10,12H,3-5,8,11H2,1-2H3,(H,17,18). The Hall–Kier alpha value is -1.40. The molecule has 0 heterocycles. The Balaban J connectivity index is 2.39. The molecule has 0 aliphatic rings. The van der Waals surface area contributed by atoms with Crippen LogP contribution in [0.1, 0.15) is 46.0 Å². The van der Waals surface area contributed by atoms with Gasteiger partial charge in [0.15, 0.2) is 11.5 Å². The number of benzene rings is 1. The Labute approximate surface area is 128 Å². The summed E-state index contributed by atoms with van der Waals surface area (Å²) < 4.78 is 29.2. The molecule has 1 atom stereocenters. The van der Waals surface area contributed by atoms with Crippen LogP contribution in [0.4, 0.5) is 0 Å². The summed E-state index contributed by atoms with van der Waals surface area (Å²) in [5.74, 6) is 0.554. The average Bonchev–Trinajstić information content (AvgIpc) is 2.39. The molecule has 0 aliphatic carbocycles. The normalized spacial score (nSPS) is 12.2. The SMILES string of the molecule is CC(C)CCCCCC(=O)Oc1ccccc1OS(=O)O. The number of hydrogen-bond acceptors (Lipinski definition) is 4. The fraction of sp³-hybridized carbons (Fsp3) is 0.533. The maximum atomic E-state index is 11.7. The van der Waals surface area contributed by atoms with E-state index in [1.54, 1.807) is 12.1 Å². The first-order valence-corrected chi connectivity index (χ1v) is 8.11. The van der Waals surface area contributed by atoms with Gasteiger partial charge in [0.1, 0.15) is 0 Å². The largest absolute Gasteiger partial charge is 0.422 e. The van der Waals surface area contributed by atoms with E-state index in [1.807, 2.05) is 0 Å². The van der Waals surface area contributed by atoms with Crippen LogP contribution in [-0.2, 0) is 16.2 Å². The molecule has 0 radical (unpaired) electrons. The maximum Gasteiger partial charge on any atom is 0.357 e. The van der Waals surface area contributed by atoms with E-state index in [0.717, 1.165) is 25.7 Å². The molecule has 1 rings (SSSR count). The summed E-state index contributed by atoms with van der Waals surface area (Å²) in [6.07, 6.45) is 4.36. The van der Waals surface area contributed by atoms with E-state index in [-0.39, 0.29) is 17.5 Å². The third kappa shape index (κ3) is 7.82. The zero-order chi connectivity index (χ0) is 15.7. The third-order valence-corrected chi connectivity index (χ3v) is 3.22. The van der Waals surface area contributed by atoms with Gasteiger partial charge in [-0.25, -0.2) is 0 Å². The minimum atomic E-state index is -2.45. The van der Waals surface area contributed by atoms with Crippen molar-refractivity contribution in [1.82, 2.24) is 0 Å². The van der Waals surface area contributed by atoms with E-state index < -0.39 is 11.4 Å². The third-order valence-electron chi connectivity index (χ3n) is 2.90. The second-order valence-electron chi connectivity index (χ2n) is 5.21. The van der Waals surface area contributed by atoms with Crippen LogP contribution in [0.3, 0.4) is 0 Å². The zero-order valence-electron chi connectivity index (χ0n) is 12.4. The van der Waals surface area contributed by atoms with Crippen LogP contribution in [0, 0.1) is 5.92 Å². The Morgan fingerprint density at radius 1 is 1.19 bits per heavy atom. The van der Waals surface area contributed by atoms with Crippen LogP contribution in [0.2, 0.25) is 0 Å².